The van der Waals surface area contributed by atoms with Crippen LogP contribution < -0.4 is 10.2 Å². The van der Waals surface area contributed by atoms with E-state index in [1.807, 2.05) is 56.3 Å². The topological polar surface area (TPSA) is 78.7 Å². The second kappa shape index (κ2) is 11.8. The van der Waals surface area contributed by atoms with Crippen LogP contribution in [0, 0.1) is 13.8 Å². The average Bonchev–Trinajstić information content (AvgIpc) is 3.19. The number of aryl methyl sites for hydroxylation is 2. The third-order valence-electron chi connectivity index (χ3n) is 6.15. The van der Waals surface area contributed by atoms with E-state index < -0.39 is 10.8 Å². The first-order valence-electron chi connectivity index (χ1n) is 11.8. The highest BCUT2D eigenvalue weighted by molar-refractivity contribution is 7.84. The zero-order valence-electron chi connectivity index (χ0n) is 20.1. The van der Waals surface area contributed by atoms with Crippen LogP contribution in [0.25, 0.3) is 11.5 Å². The lowest BCUT2D eigenvalue weighted by Crippen LogP contribution is -2.48. The number of nitrogens with one attached hydrogen (secondary N) is 1. The highest BCUT2D eigenvalue weighted by Gasteiger charge is 2.19. The summed E-state index contributed by atoms with van der Waals surface area (Å²) in [6.45, 7) is 8.78. The molecular formula is C26H31ClN4O3S. The molecule has 0 aliphatic carbocycles. The minimum atomic E-state index is -1.36. The fraction of sp³-hybridized carbons (Fsp3) is 0.385. The SMILES string of the molecule is Cc1ccccc1-c1nc(CS(=O)CC(=O)NCCN2CCN(c3cccc(Cl)c3)CC2)c(C)o1. The van der Waals surface area contributed by atoms with Crippen molar-refractivity contribution in [3.05, 3.63) is 70.6 Å². The van der Waals surface area contributed by atoms with Crippen molar-refractivity contribution in [2.75, 3.05) is 49.9 Å². The van der Waals surface area contributed by atoms with Gasteiger partial charge in [-0.15, -0.1) is 0 Å². The highest BCUT2D eigenvalue weighted by Crippen LogP contribution is 2.25. The predicted molar refractivity (Wildman–Crippen MR) is 141 cm³/mol. The van der Waals surface area contributed by atoms with Crippen LogP contribution in [-0.4, -0.2) is 65.0 Å². The molecule has 0 radical (unpaired) electrons. The van der Waals surface area contributed by atoms with Gasteiger partial charge >= 0.3 is 0 Å². The van der Waals surface area contributed by atoms with Gasteiger partial charge in [-0.2, -0.15) is 0 Å². The second-order valence-electron chi connectivity index (χ2n) is 8.72. The van der Waals surface area contributed by atoms with E-state index in [9.17, 15) is 9.00 Å². The zero-order valence-corrected chi connectivity index (χ0v) is 21.7. The summed E-state index contributed by atoms with van der Waals surface area (Å²) >= 11 is 6.10. The summed E-state index contributed by atoms with van der Waals surface area (Å²) in [5, 5.41) is 3.65. The Kier molecular flexibility index (Phi) is 8.59. The monoisotopic (exact) mass is 514 g/mol. The molecular weight excluding hydrogens is 484 g/mol. The lowest BCUT2D eigenvalue weighted by molar-refractivity contribution is -0.118. The van der Waals surface area contributed by atoms with E-state index in [-0.39, 0.29) is 17.4 Å². The third kappa shape index (κ3) is 6.93. The van der Waals surface area contributed by atoms with Gasteiger partial charge in [0.1, 0.15) is 11.5 Å². The Morgan fingerprint density at radius 2 is 1.89 bits per heavy atom. The molecule has 1 aliphatic heterocycles. The van der Waals surface area contributed by atoms with Crippen molar-refractivity contribution in [1.82, 2.24) is 15.2 Å². The molecule has 0 saturated carbocycles. The number of aromatic nitrogens is 1. The van der Waals surface area contributed by atoms with Crippen molar-refractivity contribution < 1.29 is 13.4 Å². The van der Waals surface area contributed by atoms with E-state index in [0.717, 1.165) is 54.6 Å². The summed E-state index contributed by atoms with van der Waals surface area (Å²) in [6, 6.07) is 15.8. The maximum atomic E-state index is 12.6. The zero-order chi connectivity index (χ0) is 24.8. The second-order valence-corrected chi connectivity index (χ2v) is 10.6. The van der Waals surface area contributed by atoms with Gasteiger partial charge in [-0.05, 0) is 43.7 Å². The van der Waals surface area contributed by atoms with Crippen molar-refractivity contribution in [3.8, 4) is 11.5 Å². The van der Waals surface area contributed by atoms with Gasteiger partial charge in [-0.3, -0.25) is 13.9 Å². The van der Waals surface area contributed by atoms with Crippen molar-refractivity contribution in [2.24, 2.45) is 0 Å². The maximum absolute atomic E-state index is 12.6. The first kappa shape index (κ1) is 25.4. The Hall–Kier alpha value is -2.68. The molecule has 1 amide bonds. The molecule has 2 aromatic carbocycles. The molecule has 35 heavy (non-hydrogen) atoms. The fourth-order valence-electron chi connectivity index (χ4n) is 4.15. The van der Waals surface area contributed by atoms with Gasteiger partial charge in [-0.25, -0.2) is 4.98 Å². The van der Waals surface area contributed by atoms with Crippen LogP contribution in [0.4, 0.5) is 5.69 Å². The number of anilines is 1. The van der Waals surface area contributed by atoms with Gasteiger partial charge in [-0.1, -0.05) is 35.9 Å². The van der Waals surface area contributed by atoms with Crippen LogP contribution >= 0.6 is 11.6 Å². The van der Waals surface area contributed by atoms with Crippen LogP contribution in [0.1, 0.15) is 17.0 Å². The molecule has 186 valence electrons. The molecule has 1 atom stereocenters. The number of benzene rings is 2. The number of hydrogen-bond acceptors (Lipinski definition) is 6. The minimum Gasteiger partial charge on any atom is -0.441 e. The largest absolute Gasteiger partial charge is 0.441 e. The van der Waals surface area contributed by atoms with Crippen LogP contribution in [0.2, 0.25) is 5.02 Å². The number of nitrogens with zero attached hydrogens (tertiary/aromatic N) is 3. The highest BCUT2D eigenvalue weighted by atomic mass is 35.5. The fourth-order valence-corrected chi connectivity index (χ4v) is 5.40. The van der Waals surface area contributed by atoms with Gasteiger partial charge in [0.25, 0.3) is 0 Å². The van der Waals surface area contributed by atoms with Gasteiger partial charge in [0, 0.05) is 66.3 Å². The van der Waals surface area contributed by atoms with Gasteiger partial charge in [0.15, 0.2) is 0 Å². The average molecular weight is 515 g/mol. The van der Waals surface area contributed by atoms with Crippen molar-refractivity contribution >= 4 is 34.0 Å². The summed E-state index contributed by atoms with van der Waals surface area (Å²) in [6.07, 6.45) is 0. The number of carbonyl (C=O) groups excluding carboxylic acids is 1. The van der Waals surface area contributed by atoms with E-state index in [2.05, 4.69) is 26.2 Å². The van der Waals surface area contributed by atoms with E-state index in [1.165, 1.54) is 0 Å². The lowest BCUT2D eigenvalue weighted by atomic mass is 10.1. The number of amides is 1. The maximum Gasteiger partial charge on any atom is 0.232 e. The summed E-state index contributed by atoms with van der Waals surface area (Å²) in [7, 11) is -1.36. The van der Waals surface area contributed by atoms with Crippen LogP contribution in [-0.2, 0) is 21.3 Å². The molecule has 1 aromatic heterocycles. The van der Waals surface area contributed by atoms with Crippen molar-refractivity contribution in [2.45, 2.75) is 19.6 Å². The van der Waals surface area contributed by atoms with E-state index in [4.69, 9.17) is 16.0 Å². The quantitative estimate of drug-likeness (QED) is 0.468. The number of rotatable bonds is 9. The van der Waals surface area contributed by atoms with E-state index >= 15 is 0 Å². The number of piperazine rings is 1. The smallest absolute Gasteiger partial charge is 0.232 e. The lowest BCUT2D eigenvalue weighted by Gasteiger charge is -2.36. The molecule has 2 heterocycles. The third-order valence-corrected chi connectivity index (χ3v) is 7.57. The summed E-state index contributed by atoms with van der Waals surface area (Å²) < 4.78 is 18.4. The number of halogens is 1. The molecule has 1 unspecified atom stereocenters. The number of hydrogen-bond donors (Lipinski definition) is 1. The van der Waals surface area contributed by atoms with Gasteiger partial charge < -0.3 is 14.6 Å². The summed E-state index contributed by atoms with van der Waals surface area (Å²) in [5.41, 5.74) is 3.75. The molecule has 9 heteroatoms. The minimum absolute atomic E-state index is 0.0471. The summed E-state index contributed by atoms with van der Waals surface area (Å²) in [5.74, 6) is 1.09. The van der Waals surface area contributed by atoms with E-state index in [1.54, 1.807) is 0 Å². The van der Waals surface area contributed by atoms with Crippen LogP contribution in [0.3, 0.4) is 0 Å². The molecule has 0 bridgehead atoms. The number of carbonyl (C=O) groups is 1. The molecule has 0 spiro atoms. The number of oxazole rings is 1. The standard InChI is InChI=1S/C26H31ClN4O3S/c1-19-6-3-4-9-23(19)26-29-24(20(2)34-26)17-35(33)18-25(32)28-10-11-30-12-14-31(15-13-30)22-8-5-7-21(27)16-22/h3-9,16H,10-15,17-18H2,1-2H3,(H,28,32). The molecule has 1 saturated heterocycles. The molecule has 1 N–H and O–H groups in total. The van der Waals surface area contributed by atoms with Crippen LogP contribution in [0.15, 0.2) is 52.9 Å². The van der Waals surface area contributed by atoms with Gasteiger partial charge in [0.05, 0.1) is 11.4 Å². The Bertz CT molecular complexity index is 1190. The Balaban J connectivity index is 1.18. The normalized spacial score (nSPS) is 15.2. The molecule has 1 aliphatic rings. The van der Waals surface area contributed by atoms with E-state index in [0.29, 0.717) is 23.9 Å². The predicted octanol–water partition coefficient (Wildman–Crippen LogP) is 3.80. The van der Waals surface area contributed by atoms with Crippen molar-refractivity contribution in [3.63, 3.8) is 0 Å². The molecule has 1 fully saturated rings. The summed E-state index contributed by atoms with van der Waals surface area (Å²) in [4.78, 5) is 21.5. The Morgan fingerprint density at radius 1 is 1.11 bits per heavy atom. The first-order chi connectivity index (χ1) is 16.9. The van der Waals surface area contributed by atoms with Crippen LogP contribution in [0.5, 0.6) is 0 Å². The Morgan fingerprint density at radius 3 is 2.63 bits per heavy atom. The first-order valence-corrected chi connectivity index (χ1v) is 13.6. The molecule has 7 nitrogen and oxygen atoms in total. The Labute approximate surface area is 213 Å². The molecule has 3 aromatic rings. The van der Waals surface area contributed by atoms with Crippen molar-refractivity contribution in [1.29, 1.82) is 0 Å². The molecule has 4 rings (SSSR count). The van der Waals surface area contributed by atoms with Gasteiger partial charge in [0.2, 0.25) is 11.8 Å².